The van der Waals surface area contributed by atoms with Crippen molar-refractivity contribution >= 4 is 17.7 Å². The fourth-order valence-corrected chi connectivity index (χ4v) is 1.77. The maximum Gasteiger partial charge on any atom is 0.418 e. The van der Waals surface area contributed by atoms with E-state index in [1.54, 1.807) is 6.92 Å². The predicted octanol–water partition coefficient (Wildman–Crippen LogP) is 1.71. The highest BCUT2D eigenvalue weighted by Crippen LogP contribution is 2.26. The van der Waals surface area contributed by atoms with Crippen LogP contribution in [0.1, 0.15) is 32.3 Å². The lowest BCUT2D eigenvalue weighted by Gasteiger charge is -2.19. The van der Waals surface area contributed by atoms with E-state index in [0.29, 0.717) is 0 Å². The fourth-order valence-electron chi connectivity index (χ4n) is 1.77. The van der Waals surface area contributed by atoms with Crippen LogP contribution in [-0.4, -0.2) is 22.8 Å². The average molecular weight is 280 g/mol. The molecule has 1 aromatic carbocycles. The summed E-state index contributed by atoms with van der Waals surface area (Å²) in [7, 11) is 0. The second-order valence-corrected chi connectivity index (χ2v) is 4.35. The number of amides is 1. The van der Waals surface area contributed by atoms with Crippen LogP contribution in [0.3, 0.4) is 0 Å². The lowest BCUT2D eigenvalue weighted by atomic mass is 9.82. The van der Waals surface area contributed by atoms with E-state index < -0.39 is 6.09 Å². The van der Waals surface area contributed by atoms with Gasteiger partial charge in [-0.15, -0.1) is 0 Å². The summed E-state index contributed by atoms with van der Waals surface area (Å²) in [5.41, 5.74) is 2.37. The summed E-state index contributed by atoms with van der Waals surface area (Å²) < 4.78 is 0. The third-order valence-electron chi connectivity index (χ3n) is 2.86. The lowest BCUT2D eigenvalue weighted by molar-refractivity contribution is -0.126. The van der Waals surface area contributed by atoms with Gasteiger partial charge < -0.3 is 5.11 Å². The minimum absolute atomic E-state index is 0.0453. The first-order valence-electron chi connectivity index (χ1n) is 6.06. The van der Waals surface area contributed by atoms with Crippen molar-refractivity contribution in [1.82, 2.24) is 5.43 Å². The van der Waals surface area contributed by atoms with Gasteiger partial charge in [-0.2, -0.15) is 0 Å². The molecule has 0 saturated heterocycles. The van der Waals surface area contributed by atoms with Crippen molar-refractivity contribution < 1.29 is 19.5 Å². The number of carbonyl (C=O) groups excluding carboxylic acids is 2. The minimum Gasteiger partial charge on any atom is -0.464 e. The van der Waals surface area contributed by atoms with Crippen LogP contribution in [0, 0.1) is 5.92 Å². The Morgan fingerprint density at radius 1 is 1.10 bits per heavy atom. The van der Waals surface area contributed by atoms with Crippen LogP contribution in [0.4, 0.5) is 4.79 Å². The fraction of sp³-hybridized carbons (Fsp3) is 0.357. The molecule has 4 N–H and O–H groups in total. The van der Waals surface area contributed by atoms with Crippen molar-refractivity contribution in [3.8, 4) is 0 Å². The Morgan fingerprint density at radius 2 is 1.55 bits per heavy atom. The average Bonchev–Trinajstić information content (AvgIpc) is 2.40. The normalized spacial score (nSPS) is 12.4. The smallest absolute Gasteiger partial charge is 0.418 e. The number of rotatable bonds is 4. The van der Waals surface area contributed by atoms with Gasteiger partial charge in [0.15, 0.2) is 0 Å². The van der Waals surface area contributed by atoms with Gasteiger partial charge in [-0.25, -0.2) is 10.6 Å². The molecule has 20 heavy (non-hydrogen) atoms. The van der Waals surface area contributed by atoms with Crippen molar-refractivity contribution in [1.29, 1.82) is 0 Å². The number of ketones is 2. The van der Waals surface area contributed by atoms with Crippen LogP contribution >= 0.6 is 0 Å². The van der Waals surface area contributed by atoms with Gasteiger partial charge in [-0.05, 0) is 19.4 Å². The van der Waals surface area contributed by atoms with E-state index >= 15 is 0 Å². The maximum atomic E-state index is 11.5. The van der Waals surface area contributed by atoms with Crippen LogP contribution < -0.4 is 11.3 Å². The number of carboxylic acid groups (broad SMARTS) is 1. The number of hydrazine groups is 1. The van der Waals surface area contributed by atoms with E-state index in [1.165, 1.54) is 19.3 Å². The van der Waals surface area contributed by atoms with Crippen molar-refractivity contribution in [3.05, 3.63) is 35.9 Å². The number of nitrogens with one attached hydrogen (secondary N) is 1. The Labute approximate surface area is 117 Å². The first kappa shape index (κ1) is 17.8. The summed E-state index contributed by atoms with van der Waals surface area (Å²) >= 11 is 0. The summed E-state index contributed by atoms with van der Waals surface area (Å²) in [6.07, 6.45) is -1.22. The van der Waals surface area contributed by atoms with Crippen molar-refractivity contribution in [2.24, 2.45) is 11.8 Å². The standard InChI is InChI=1S/C13H16O2.CH4N2O2/c1-9(10(2)14)13(11(3)15)12-7-5-4-6-8-12;2-3-1(4)5/h4-9,13H,1-3H3;3H,2H2,(H,4,5). The molecule has 0 heterocycles. The molecule has 1 rings (SSSR count). The summed E-state index contributed by atoms with van der Waals surface area (Å²) in [6.45, 7) is 4.88. The summed E-state index contributed by atoms with van der Waals surface area (Å²) in [4.78, 5) is 32.0. The molecule has 0 aliphatic heterocycles. The van der Waals surface area contributed by atoms with E-state index in [1.807, 2.05) is 30.3 Å². The molecule has 0 spiro atoms. The third-order valence-corrected chi connectivity index (χ3v) is 2.86. The van der Waals surface area contributed by atoms with Gasteiger partial charge in [0.05, 0.1) is 5.92 Å². The Kier molecular flexibility index (Phi) is 7.84. The Balaban J connectivity index is 0.000000621. The molecule has 1 amide bonds. The highest BCUT2D eigenvalue weighted by molar-refractivity contribution is 5.91. The summed E-state index contributed by atoms with van der Waals surface area (Å²) in [5, 5.41) is 7.49. The zero-order chi connectivity index (χ0) is 15.7. The van der Waals surface area contributed by atoms with Crippen molar-refractivity contribution in [2.45, 2.75) is 26.7 Å². The Morgan fingerprint density at radius 3 is 1.85 bits per heavy atom. The highest BCUT2D eigenvalue weighted by atomic mass is 16.4. The van der Waals surface area contributed by atoms with Gasteiger partial charge in [0.2, 0.25) is 0 Å². The largest absolute Gasteiger partial charge is 0.464 e. The van der Waals surface area contributed by atoms with Gasteiger partial charge in [-0.1, -0.05) is 37.3 Å². The second kappa shape index (κ2) is 8.82. The monoisotopic (exact) mass is 280 g/mol. The molecule has 0 aromatic heterocycles. The summed E-state index contributed by atoms with van der Waals surface area (Å²) in [5.74, 6) is 3.87. The Hall–Kier alpha value is -2.21. The molecule has 6 heteroatoms. The van der Waals surface area contributed by atoms with Crippen LogP contribution in [0.2, 0.25) is 0 Å². The number of nitrogens with two attached hydrogens (primary N) is 1. The highest BCUT2D eigenvalue weighted by Gasteiger charge is 2.26. The SMILES string of the molecule is CC(=O)C(C)C(C(C)=O)c1ccccc1.NNC(=O)O. The number of Topliss-reactive ketones (excluding diaryl/α,β-unsaturated/α-hetero) is 2. The third kappa shape index (κ3) is 6.10. The number of hydrogen-bond acceptors (Lipinski definition) is 4. The molecule has 2 atom stereocenters. The molecule has 0 saturated carbocycles. The van der Waals surface area contributed by atoms with Gasteiger partial charge >= 0.3 is 6.09 Å². The predicted molar refractivity (Wildman–Crippen MR) is 75.1 cm³/mol. The zero-order valence-corrected chi connectivity index (χ0v) is 11.8. The van der Waals surface area contributed by atoms with E-state index in [4.69, 9.17) is 9.90 Å². The first-order valence-corrected chi connectivity index (χ1v) is 6.06. The molecule has 110 valence electrons. The van der Waals surface area contributed by atoms with Crippen LogP contribution in [-0.2, 0) is 9.59 Å². The molecule has 0 radical (unpaired) electrons. The maximum absolute atomic E-state index is 11.5. The van der Waals surface area contributed by atoms with Gasteiger partial charge in [0.1, 0.15) is 11.6 Å². The first-order chi connectivity index (χ1) is 9.31. The number of benzene rings is 1. The Bertz CT molecular complexity index is 460. The molecular formula is C14H20N2O4. The van der Waals surface area contributed by atoms with Crippen LogP contribution in [0.5, 0.6) is 0 Å². The van der Waals surface area contributed by atoms with E-state index in [2.05, 4.69) is 5.84 Å². The van der Waals surface area contributed by atoms with Crippen LogP contribution in [0.15, 0.2) is 30.3 Å². The topological polar surface area (TPSA) is 109 Å². The molecule has 1 aromatic rings. The van der Waals surface area contributed by atoms with Gasteiger partial charge in [0, 0.05) is 5.92 Å². The van der Waals surface area contributed by atoms with Gasteiger partial charge in [-0.3, -0.25) is 15.0 Å². The minimum atomic E-state index is -1.22. The van der Waals surface area contributed by atoms with Crippen molar-refractivity contribution in [3.63, 3.8) is 0 Å². The molecule has 0 fully saturated rings. The molecule has 0 bridgehead atoms. The number of carbonyl (C=O) groups is 3. The number of hydrogen-bond donors (Lipinski definition) is 3. The molecule has 6 nitrogen and oxygen atoms in total. The molecule has 0 aliphatic rings. The zero-order valence-electron chi connectivity index (χ0n) is 11.8. The van der Waals surface area contributed by atoms with Crippen molar-refractivity contribution in [2.75, 3.05) is 0 Å². The molecule has 0 aliphatic carbocycles. The quantitative estimate of drug-likeness (QED) is 0.442. The lowest BCUT2D eigenvalue weighted by Crippen LogP contribution is -2.27. The van der Waals surface area contributed by atoms with E-state index in [9.17, 15) is 9.59 Å². The van der Waals surface area contributed by atoms with E-state index in [0.717, 1.165) is 5.56 Å². The second-order valence-electron chi connectivity index (χ2n) is 4.35. The van der Waals surface area contributed by atoms with Crippen LogP contribution in [0.25, 0.3) is 0 Å². The molecule has 2 unspecified atom stereocenters. The van der Waals surface area contributed by atoms with Gasteiger partial charge in [0.25, 0.3) is 0 Å². The van der Waals surface area contributed by atoms with E-state index in [-0.39, 0.29) is 23.4 Å². The molecular weight excluding hydrogens is 260 g/mol. The summed E-state index contributed by atoms with van der Waals surface area (Å²) in [6, 6.07) is 9.46.